The SMILES string of the molecule is CC1(C)C2=C(CCC=C2)c2cc(N(c3ccc(-c4cc(-c5ccc(N(c6ccc7c(c6)C(C)(C)c6ccccc6-7)c6ccc7c(c6)C(C)(C)c6ccccc6-7)cc5)cc(-c5ccc(N(c6ccc7c(c6)C(C)(C)c6ccccc6-7)c6ccc7c(c6)C(C)(C)c6ccccc6-7)cc5)c4)cc3)c3ccc4c(c3)C(C)(C)c3ccccc3-4)ccc21. The van der Waals surface area contributed by atoms with E-state index in [0.29, 0.717) is 0 Å². The molecule has 0 N–H and O–H groups in total. The minimum atomic E-state index is -0.177. The van der Waals surface area contributed by atoms with Crippen molar-refractivity contribution in [2.45, 2.75) is 128 Å². The predicted molar refractivity (Wildman–Crippen MR) is 493 cm³/mol. The Hall–Kier alpha value is -12.8. The highest BCUT2D eigenvalue weighted by Gasteiger charge is 2.43. The van der Waals surface area contributed by atoms with Gasteiger partial charge < -0.3 is 14.7 Å². The molecule has 0 atom stereocenters. The maximum absolute atomic E-state index is 2.52. The molecule has 7 aliphatic carbocycles. The molecule has 0 aromatic heterocycles. The van der Waals surface area contributed by atoms with E-state index >= 15 is 0 Å². The molecule has 15 aromatic carbocycles. The highest BCUT2D eigenvalue weighted by molar-refractivity contribution is 5.95. The molecular weight excluding hydrogens is 1410 g/mol. The van der Waals surface area contributed by atoms with Crippen LogP contribution in [0.3, 0.4) is 0 Å². The first-order chi connectivity index (χ1) is 56.5. The van der Waals surface area contributed by atoms with Gasteiger partial charge in [-0.25, -0.2) is 0 Å². The van der Waals surface area contributed by atoms with Crippen molar-refractivity contribution in [1.82, 2.24) is 0 Å². The average Bonchev–Trinajstić information content (AvgIpc) is 1.60. The van der Waals surface area contributed by atoms with Crippen LogP contribution in [0.1, 0.15) is 163 Å². The molecule has 566 valence electrons. The summed E-state index contributed by atoms with van der Waals surface area (Å²) >= 11 is 0. The molecule has 7 aliphatic rings. The van der Waals surface area contributed by atoms with Gasteiger partial charge in [-0.3, -0.25) is 0 Å². The van der Waals surface area contributed by atoms with Gasteiger partial charge >= 0.3 is 0 Å². The zero-order chi connectivity index (χ0) is 79.6. The Morgan fingerprint density at radius 2 is 0.419 bits per heavy atom. The molecule has 3 nitrogen and oxygen atoms in total. The third kappa shape index (κ3) is 10.5. The monoisotopic (exact) mass is 1510 g/mol. The lowest BCUT2D eigenvalue weighted by atomic mass is 9.80. The molecule has 0 amide bonds. The summed E-state index contributed by atoms with van der Waals surface area (Å²) in [7, 11) is 0. The largest absolute Gasteiger partial charge is 0.310 e. The van der Waals surface area contributed by atoms with Crippen LogP contribution in [0.2, 0.25) is 0 Å². The molecule has 15 aromatic rings. The fourth-order valence-corrected chi connectivity index (χ4v) is 22.2. The van der Waals surface area contributed by atoms with Crippen LogP contribution >= 0.6 is 0 Å². The van der Waals surface area contributed by atoms with Crippen molar-refractivity contribution >= 4 is 56.8 Å². The Kier molecular flexibility index (Phi) is 15.3. The number of rotatable bonds is 12. The fraction of sp³-hybridized carbons (Fsp3) is 0.175. The Labute approximate surface area is 690 Å². The second-order valence-electron chi connectivity index (χ2n) is 37.1. The van der Waals surface area contributed by atoms with Gasteiger partial charge in [-0.1, -0.05) is 289 Å². The van der Waals surface area contributed by atoms with E-state index in [1.165, 1.54) is 134 Å². The second kappa shape index (κ2) is 25.3. The van der Waals surface area contributed by atoms with Crippen molar-refractivity contribution < 1.29 is 0 Å². The molecule has 3 heteroatoms. The molecular formula is C114H95N3. The minimum absolute atomic E-state index is 0.0708. The second-order valence-corrected chi connectivity index (χ2v) is 37.1. The summed E-state index contributed by atoms with van der Waals surface area (Å²) in [5.41, 5.74) is 48.6. The first-order valence-corrected chi connectivity index (χ1v) is 42.2. The minimum Gasteiger partial charge on any atom is -0.310 e. The van der Waals surface area contributed by atoms with Crippen molar-refractivity contribution in [3.05, 3.63) is 406 Å². The number of hydrogen-bond acceptors (Lipinski definition) is 3. The number of allylic oxidation sites excluding steroid dienone is 4. The number of fused-ring (bicyclic) bond motifs is 17. The lowest BCUT2D eigenvalue weighted by molar-refractivity contribution is 0.651. The van der Waals surface area contributed by atoms with Gasteiger partial charge in [-0.15, -0.1) is 0 Å². The molecule has 0 saturated heterocycles. The molecule has 0 bridgehead atoms. The summed E-state index contributed by atoms with van der Waals surface area (Å²) in [4.78, 5) is 7.51. The van der Waals surface area contributed by atoms with Gasteiger partial charge in [0.05, 0.1) is 0 Å². The van der Waals surface area contributed by atoms with Gasteiger partial charge in [0.25, 0.3) is 0 Å². The molecule has 0 saturated carbocycles. The van der Waals surface area contributed by atoms with Crippen molar-refractivity contribution in [3.63, 3.8) is 0 Å². The zero-order valence-electron chi connectivity index (χ0n) is 69.0. The van der Waals surface area contributed by atoms with Crippen molar-refractivity contribution in [2.75, 3.05) is 14.7 Å². The van der Waals surface area contributed by atoms with Crippen LogP contribution < -0.4 is 14.7 Å². The van der Waals surface area contributed by atoms with Crippen LogP contribution in [-0.4, -0.2) is 0 Å². The lowest BCUT2D eigenvalue weighted by Crippen LogP contribution is -2.18. The van der Waals surface area contributed by atoms with Crippen LogP contribution in [-0.2, 0) is 32.5 Å². The van der Waals surface area contributed by atoms with Crippen molar-refractivity contribution in [3.8, 4) is 89.0 Å². The summed E-state index contributed by atoms with van der Waals surface area (Å²) in [6.45, 7) is 28.7. The number of nitrogens with zero attached hydrogens (tertiary/aromatic N) is 3. The Bertz CT molecular complexity index is 6310. The van der Waals surface area contributed by atoms with E-state index in [2.05, 4.69) is 431 Å². The first kappa shape index (κ1) is 70.8. The smallest absolute Gasteiger partial charge is 0.0467 e. The van der Waals surface area contributed by atoms with E-state index in [1.807, 2.05) is 0 Å². The van der Waals surface area contributed by atoms with Crippen LogP contribution in [0, 0.1) is 0 Å². The fourth-order valence-electron chi connectivity index (χ4n) is 22.2. The van der Waals surface area contributed by atoms with E-state index in [0.717, 1.165) is 97.4 Å². The third-order valence-corrected chi connectivity index (χ3v) is 28.5. The maximum Gasteiger partial charge on any atom is 0.0467 e. The Morgan fingerprint density at radius 1 is 0.188 bits per heavy atom. The van der Waals surface area contributed by atoms with Gasteiger partial charge in [0.15, 0.2) is 0 Å². The van der Waals surface area contributed by atoms with E-state index < -0.39 is 0 Å². The van der Waals surface area contributed by atoms with E-state index in [-0.39, 0.29) is 32.5 Å². The quantitative estimate of drug-likeness (QED) is 0.121. The van der Waals surface area contributed by atoms with E-state index in [4.69, 9.17) is 0 Å². The first-order valence-electron chi connectivity index (χ1n) is 42.2. The predicted octanol–water partition coefficient (Wildman–Crippen LogP) is 31.0. The van der Waals surface area contributed by atoms with Crippen LogP contribution in [0.4, 0.5) is 51.2 Å². The summed E-state index contributed by atoms with van der Waals surface area (Å²) in [6, 6.07) is 124. The van der Waals surface area contributed by atoms with Crippen LogP contribution in [0.25, 0.3) is 94.6 Å². The Balaban J connectivity index is 0.688. The van der Waals surface area contributed by atoms with Gasteiger partial charge in [-0.2, -0.15) is 0 Å². The normalized spacial score (nSPS) is 16.3. The lowest BCUT2D eigenvalue weighted by Gasteiger charge is -2.30. The van der Waals surface area contributed by atoms with Crippen LogP contribution in [0.5, 0.6) is 0 Å². The molecule has 22 rings (SSSR count). The van der Waals surface area contributed by atoms with Crippen molar-refractivity contribution in [2.24, 2.45) is 0 Å². The highest BCUT2D eigenvalue weighted by Crippen LogP contribution is 2.59. The van der Waals surface area contributed by atoms with E-state index in [1.54, 1.807) is 0 Å². The molecule has 117 heavy (non-hydrogen) atoms. The zero-order valence-corrected chi connectivity index (χ0v) is 69.0. The van der Waals surface area contributed by atoms with Gasteiger partial charge in [0.2, 0.25) is 0 Å². The van der Waals surface area contributed by atoms with Gasteiger partial charge in [0, 0.05) is 83.7 Å². The van der Waals surface area contributed by atoms with Gasteiger partial charge in [-0.05, 0) is 307 Å². The summed E-state index contributed by atoms with van der Waals surface area (Å²) in [5, 5.41) is 0. The molecule has 0 unspecified atom stereocenters. The number of anilines is 9. The van der Waals surface area contributed by atoms with Gasteiger partial charge in [0.1, 0.15) is 0 Å². The van der Waals surface area contributed by atoms with Crippen LogP contribution in [0.15, 0.2) is 339 Å². The number of benzene rings is 15. The molecule has 0 fully saturated rings. The summed E-state index contributed by atoms with van der Waals surface area (Å²) in [5.74, 6) is 0. The summed E-state index contributed by atoms with van der Waals surface area (Å²) < 4.78 is 0. The molecule has 0 aliphatic heterocycles. The number of hydrogen-bond donors (Lipinski definition) is 0. The molecule has 0 heterocycles. The highest BCUT2D eigenvalue weighted by atomic mass is 15.2. The standard InChI is InChI=1S/C114H95N3/c1-109(2)102-36-24-18-30-90(102)96-64-79(54-60-103(96)109)115(80-49-55-91-85-25-13-19-31-97(85)110(3,4)104(91)65-80)76-43-37-70(38-44-76)73-61-74(71-39-45-77(46-40-71)116(81-50-56-92-86-26-14-20-32-98(86)111(5,6)105(92)66-81)82-51-57-93-87-27-15-21-33-99(87)112(7,8)106(93)67-82)63-75(62-73)72-41-47-78(48-42-72)117(83-52-58-94-88-28-16-22-34-100(88)113(9,10)107(94)68-83)84-53-59-95-89-29-17-23-35-101(89)114(11,12)108(95)69-84/h13-17,19-29,31-69H,18,30H2,1-12H3. The average molecular weight is 1510 g/mol. The topological polar surface area (TPSA) is 9.72 Å². The summed E-state index contributed by atoms with van der Waals surface area (Å²) in [6.07, 6.45) is 6.89. The van der Waals surface area contributed by atoms with Crippen molar-refractivity contribution in [1.29, 1.82) is 0 Å². The van der Waals surface area contributed by atoms with E-state index in [9.17, 15) is 0 Å². The Morgan fingerprint density at radius 3 is 0.701 bits per heavy atom. The molecule has 0 spiro atoms. The maximum atomic E-state index is 2.52. The molecule has 0 radical (unpaired) electrons. The third-order valence-electron chi connectivity index (χ3n) is 28.5.